The largest absolute Gasteiger partial charge is 0.381 e. The van der Waals surface area contributed by atoms with Crippen molar-refractivity contribution < 1.29 is 9.53 Å². The van der Waals surface area contributed by atoms with E-state index in [4.69, 9.17) is 4.74 Å². The molecule has 1 aromatic carbocycles. The van der Waals surface area contributed by atoms with Crippen LogP contribution in [-0.4, -0.2) is 18.4 Å². The first-order valence-electron chi connectivity index (χ1n) is 12.3. The summed E-state index contributed by atoms with van der Waals surface area (Å²) in [7, 11) is 0. The zero-order valence-corrected chi connectivity index (χ0v) is 19.5. The highest BCUT2D eigenvalue weighted by molar-refractivity contribution is 5.85. The minimum atomic E-state index is 0. The summed E-state index contributed by atoms with van der Waals surface area (Å²) in [6.07, 6.45) is 15.5. The standard InChI is InChI=1S/C26H39NO2.ClH/c1-2-3-4-8-12-21(28)17-19-14-15-24-23(18-19)26-22(13-9-16-29-26)25(27-24)20-10-6-5-7-11-20;/h14-15,18,20,22,25-27H,2-13,16-17H2,1H3;1H/t22-,25-,26-;/m0./s1. The van der Waals surface area contributed by atoms with Gasteiger partial charge in [-0.25, -0.2) is 0 Å². The first-order chi connectivity index (χ1) is 14.3. The number of ether oxygens (including phenoxy) is 1. The Morgan fingerprint density at radius 3 is 2.70 bits per heavy atom. The number of anilines is 1. The molecule has 4 heteroatoms. The highest BCUT2D eigenvalue weighted by Crippen LogP contribution is 2.47. The van der Waals surface area contributed by atoms with Gasteiger partial charge in [-0.1, -0.05) is 57.6 Å². The maximum Gasteiger partial charge on any atom is 0.137 e. The minimum absolute atomic E-state index is 0. The number of hydrogen-bond donors (Lipinski definition) is 1. The molecule has 0 unspecified atom stereocenters. The predicted octanol–water partition coefficient (Wildman–Crippen LogP) is 7.03. The fourth-order valence-corrected chi connectivity index (χ4v) is 5.89. The Labute approximate surface area is 189 Å². The molecule has 2 heterocycles. The van der Waals surface area contributed by atoms with E-state index in [0.29, 0.717) is 24.2 Å². The summed E-state index contributed by atoms with van der Waals surface area (Å²) < 4.78 is 6.36. The third-order valence-electron chi connectivity index (χ3n) is 7.44. The zero-order valence-electron chi connectivity index (χ0n) is 18.7. The molecule has 0 spiro atoms. The van der Waals surface area contributed by atoms with Crippen LogP contribution in [0, 0.1) is 11.8 Å². The van der Waals surface area contributed by atoms with Crippen LogP contribution in [0.5, 0.6) is 0 Å². The van der Waals surface area contributed by atoms with Crippen LogP contribution in [0.25, 0.3) is 0 Å². The molecule has 1 saturated carbocycles. The number of carbonyl (C=O) groups excluding carboxylic acids is 1. The van der Waals surface area contributed by atoms with Gasteiger partial charge in [0.15, 0.2) is 0 Å². The summed E-state index contributed by atoms with van der Waals surface area (Å²) in [5.74, 6) is 1.75. The lowest BCUT2D eigenvalue weighted by Gasteiger charge is -2.47. The lowest BCUT2D eigenvalue weighted by Crippen LogP contribution is -2.46. The molecule has 1 saturated heterocycles. The number of fused-ring (bicyclic) bond motifs is 3. The average molecular weight is 434 g/mol. The van der Waals surface area contributed by atoms with Gasteiger partial charge in [-0.2, -0.15) is 0 Å². The van der Waals surface area contributed by atoms with Crippen molar-refractivity contribution in [1.82, 2.24) is 0 Å². The number of hydrogen-bond acceptors (Lipinski definition) is 3. The van der Waals surface area contributed by atoms with E-state index in [0.717, 1.165) is 30.9 Å². The van der Waals surface area contributed by atoms with Crippen molar-refractivity contribution in [2.24, 2.45) is 11.8 Å². The lowest BCUT2D eigenvalue weighted by molar-refractivity contribution is -0.118. The number of ketones is 1. The van der Waals surface area contributed by atoms with Crippen molar-refractivity contribution in [2.45, 2.75) is 103 Å². The number of unbranched alkanes of at least 4 members (excludes halogenated alkanes) is 3. The molecule has 30 heavy (non-hydrogen) atoms. The first kappa shape index (κ1) is 23.6. The van der Waals surface area contributed by atoms with Crippen LogP contribution in [0.1, 0.15) is 101 Å². The van der Waals surface area contributed by atoms with Gasteiger partial charge in [0.1, 0.15) is 5.78 Å². The van der Waals surface area contributed by atoms with Gasteiger partial charge in [0.05, 0.1) is 6.10 Å². The number of carbonyl (C=O) groups is 1. The van der Waals surface area contributed by atoms with E-state index in [1.165, 1.54) is 75.5 Å². The van der Waals surface area contributed by atoms with Crippen molar-refractivity contribution in [3.63, 3.8) is 0 Å². The van der Waals surface area contributed by atoms with Crippen molar-refractivity contribution in [3.8, 4) is 0 Å². The maximum atomic E-state index is 12.4. The van der Waals surface area contributed by atoms with E-state index in [-0.39, 0.29) is 18.5 Å². The molecule has 0 bridgehead atoms. The van der Waals surface area contributed by atoms with Crippen molar-refractivity contribution >= 4 is 23.9 Å². The number of halogens is 1. The average Bonchev–Trinajstić information content (AvgIpc) is 2.77. The third kappa shape index (κ3) is 5.59. The molecule has 0 amide bonds. The molecular weight excluding hydrogens is 394 g/mol. The van der Waals surface area contributed by atoms with Crippen LogP contribution in [-0.2, 0) is 16.0 Å². The van der Waals surface area contributed by atoms with Crippen molar-refractivity contribution in [1.29, 1.82) is 0 Å². The van der Waals surface area contributed by atoms with Crippen LogP contribution >= 0.6 is 12.4 Å². The second-order valence-electron chi connectivity index (χ2n) is 9.61. The van der Waals surface area contributed by atoms with Crippen LogP contribution in [0.3, 0.4) is 0 Å². The Kier molecular flexibility index (Phi) is 9.07. The van der Waals surface area contributed by atoms with E-state index in [2.05, 4.69) is 30.4 Å². The van der Waals surface area contributed by atoms with Gasteiger partial charge in [-0.15, -0.1) is 12.4 Å². The van der Waals surface area contributed by atoms with Gasteiger partial charge in [0, 0.05) is 42.7 Å². The summed E-state index contributed by atoms with van der Waals surface area (Å²) in [5, 5.41) is 3.93. The SMILES string of the molecule is CCCCCCC(=O)Cc1ccc2c(c1)[C@H]1OCCC[C@H]1[C@H](C1CCCCC1)N2.Cl. The Balaban J connectivity index is 0.00000256. The molecular formula is C26H40ClNO2. The second-order valence-corrected chi connectivity index (χ2v) is 9.61. The fourth-order valence-electron chi connectivity index (χ4n) is 5.89. The smallest absolute Gasteiger partial charge is 0.137 e. The molecule has 168 valence electrons. The van der Waals surface area contributed by atoms with Crippen LogP contribution in [0.2, 0.25) is 0 Å². The van der Waals surface area contributed by atoms with E-state index in [9.17, 15) is 4.79 Å². The van der Waals surface area contributed by atoms with E-state index in [1.54, 1.807) is 0 Å². The molecule has 1 aliphatic carbocycles. The van der Waals surface area contributed by atoms with Gasteiger partial charge in [0.25, 0.3) is 0 Å². The van der Waals surface area contributed by atoms with Crippen LogP contribution in [0.4, 0.5) is 5.69 Å². The van der Waals surface area contributed by atoms with Crippen LogP contribution < -0.4 is 5.32 Å². The fraction of sp³-hybridized carbons (Fsp3) is 0.731. The molecule has 3 nitrogen and oxygen atoms in total. The Morgan fingerprint density at radius 1 is 1.07 bits per heavy atom. The highest BCUT2D eigenvalue weighted by atomic mass is 35.5. The van der Waals surface area contributed by atoms with Gasteiger partial charge >= 0.3 is 0 Å². The number of benzene rings is 1. The maximum absolute atomic E-state index is 12.4. The van der Waals surface area contributed by atoms with Crippen molar-refractivity contribution in [3.05, 3.63) is 29.3 Å². The van der Waals surface area contributed by atoms with Crippen LogP contribution in [0.15, 0.2) is 18.2 Å². The molecule has 2 aliphatic heterocycles. The topological polar surface area (TPSA) is 38.3 Å². The molecule has 3 atom stereocenters. The summed E-state index contributed by atoms with van der Waals surface area (Å²) in [6.45, 7) is 3.08. The molecule has 1 N–H and O–H groups in total. The molecule has 0 radical (unpaired) electrons. The van der Waals surface area contributed by atoms with Gasteiger partial charge < -0.3 is 10.1 Å². The minimum Gasteiger partial charge on any atom is -0.381 e. The Hall–Kier alpha value is -1.06. The first-order valence-corrected chi connectivity index (χ1v) is 12.3. The highest BCUT2D eigenvalue weighted by Gasteiger charge is 2.42. The number of nitrogens with one attached hydrogen (secondary N) is 1. The van der Waals surface area contributed by atoms with Gasteiger partial charge in [0.2, 0.25) is 0 Å². The molecule has 0 aromatic heterocycles. The quantitative estimate of drug-likeness (QED) is 0.447. The summed E-state index contributed by atoms with van der Waals surface area (Å²) >= 11 is 0. The molecule has 4 rings (SSSR count). The summed E-state index contributed by atoms with van der Waals surface area (Å²) in [6, 6.07) is 7.21. The third-order valence-corrected chi connectivity index (χ3v) is 7.44. The molecule has 3 aliphatic rings. The molecule has 2 fully saturated rings. The Bertz CT molecular complexity index is 686. The van der Waals surface area contributed by atoms with Crippen molar-refractivity contribution in [2.75, 3.05) is 11.9 Å². The monoisotopic (exact) mass is 433 g/mol. The Morgan fingerprint density at radius 2 is 1.90 bits per heavy atom. The lowest BCUT2D eigenvalue weighted by atomic mass is 9.71. The molecule has 1 aromatic rings. The normalized spacial score (nSPS) is 26.1. The summed E-state index contributed by atoms with van der Waals surface area (Å²) in [5.41, 5.74) is 3.72. The number of Topliss-reactive ketones (excluding diaryl/α,β-unsaturated/α-hetero) is 1. The second kappa shape index (κ2) is 11.5. The van der Waals surface area contributed by atoms with E-state index < -0.39 is 0 Å². The van der Waals surface area contributed by atoms with Gasteiger partial charge in [-0.05, 0) is 49.7 Å². The van der Waals surface area contributed by atoms with E-state index >= 15 is 0 Å². The zero-order chi connectivity index (χ0) is 20.1. The van der Waals surface area contributed by atoms with E-state index in [1.807, 2.05) is 0 Å². The van der Waals surface area contributed by atoms with Gasteiger partial charge in [-0.3, -0.25) is 4.79 Å². The number of rotatable bonds is 8. The summed E-state index contributed by atoms with van der Waals surface area (Å²) in [4.78, 5) is 12.4. The predicted molar refractivity (Wildman–Crippen MR) is 127 cm³/mol.